The van der Waals surface area contributed by atoms with Crippen LogP contribution in [0.5, 0.6) is 10.8 Å². The number of fused-ring (bicyclic) bond motifs is 2. The minimum absolute atomic E-state index is 0.0452. The van der Waals surface area contributed by atoms with Crippen LogP contribution in [0.4, 0.5) is 5.69 Å². The first-order valence-corrected chi connectivity index (χ1v) is 9.61. The molecule has 2 fully saturated rings. The van der Waals surface area contributed by atoms with Gasteiger partial charge in [-0.05, 0) is 43.5 Å². The molecule has 2 bridgehead atoms. The first-order valence-electron chi connectivity index (χ1n) is 8.79. The summed E-state index contributed by atoms with van der Waals surface area (Å²) in [7, 11) is 0. The molecule has 0 saturated carbocycles. The Morgan fingerprint density at radius 1 is 1.23 bits per heavy atom. The van der Waals surface area contributed by atoms with Crippen LogP contribution in [-0.4, -0.2) is 29.9 Å². The van der Waals surface area contributed by atoms with Crippen LogP contribution in [0.2, 0.25) is 0 Å². The number of carbonyl (C=O) groups is 2. The van der Waals surface area contributed by atoms with Crippen LogP contribution in [0.3, 0.4) is 0 Å². The summed E-state index contributed by atoms with van der Waals surface area (Å²) in [6.07, 6.45) is 3.37. The lowest BCUT2D eigenvalue weighted by atomic mass is 9.95. The molecule has 2 aliphatic rings. The summed E-state index contributed by atoms with van der Waals surface area (Å²) in [6.45, 7) is 1.46. The van der Waals surface area contributed by atoms with E-state index in [1.807, 2.05) is 12.1 Å². The predicted octanol–water partition coefficient (Wildman–Crippen LogP) is 3.12. The number of anilines is 1. The maximum absolute atomic E-state index is 12.5. The Labute approximate surface area is 155 Å². The van der Waals surface area contributed by atoms with E-state index in [1.165, 1.54) is 24.7 Å². The summed E-state index contributed by atoms with van der Waals surface area (Å²) in [5, 5.41) is 10.0. The number of hydrogen-bond acceptors (Lipinski definition) is 5. The number of hydrogen-bond donors (Lipinski definition) is 3. The molecule has 1 aromatic heterocycles. The Balaban J connectivity index is 1.38. The summed E-state index contributed by atoms with van der Waals surface area (Å²) in [5.74, 6) is 0.436. The number of nitrogens with one attached hydrogen (secondary N) is 3. The average molecular weight is 371 g/mol. The van der Waals surface area contributed by atoms with Gasteiger partial charge in [-0.3, -0.25) is 9.59 Å². The second-order valence-electron chi connectivity index (χ2n) is 6.79. The van der Waals surface area contributed by atoms with Gasteiger partial charge in [-0.2, -0.15) is 0 Å². The summed E-state index contributed by atoms with van der Waals surface area (Å²) >= 11 is 1.32. The van der Waals surface area contributed by atoms with E-state index in [4.69, 9.17) is 4.74 Å². The Morgan fingerprint density at radius 3 is 2.85 bits per heavy atom. The third-order valence-corrected chi connectivity index (χ3v) is 5.76. The van der Waals surface area contributed by atoms with Gasteiger partial charge in [-0.1, -0.05) is 17.4 Å². The van der Waals surface area contributed by atoms with Gasteiger partial charge in [0.15, 0.2) is 5.06 Å². The molecule has 2 aromatic rings. The number of benzene rings is 1. The zero-order valence-electron chi connectivity index (χ0n) is 14.5. The van der Waals surface area contributed by atoms with Crippen LogP contribution in [0.1, 0.15) is 35.9 Å². The smallest absolute Gasteiger partial charge is 0.261 e. The van der Waals surface area contributed by atoms with Gasteiger partial charge in [0.1, 0.15) is 5.75 Å². The topological polar surface area (TPSA) is 79.5 Å². The van der Waals surface area contributed by atoms with Crippen molar-refractivity contribution in [2.24, 2.45) is 0 Å². The largest absolute Gasteiger partial charge is 0.447 e. The molecule has 0 spiro atoms. The normalized spacial score (nSPS) is 23.7. The summed E-state index contributed by atoms with van der Waals surface area (Å²) < 4.78 is 5.83. The fourth-order valence-corrected chi connectivity index (χ4v) is 4.46. The molecule has 2 amide bonds. The van der Waals surface area contributed by atoms with E-state index >= 15 is 0 Å². The van der Waals surface area contributed by atoms with E-state index < -0.39 is 0 Å². The second-order valence-corrected chi connectivity index (χ2v) is 7.84. The first-order chi connectivity index (χ1) is 12.6. The lowest BCUT2D eigenvalue weighted by molar-refractivity contribution is -0.114. The minimum Gasteiger partial charge on any atom is -0.447 e. The van der Waals surface area contributed by atoms with Crippen LogP contribution in [0.25, 0.3) is 0 Å². The standard InChI is InChI=1S/C19H21N3O3S/c1-11(23)20-12-3-2-4-14(9-12)25-18-8-7-17(26-18)19(24)22-16-10-13-5-6-15(16)21-13/h2-4,7-9,13,15-16,21H,5-6,10H2,1H3,(H,20,23)(H,22,24). The Bertz CT molecular complexity index is 835. The van der Waals surface area contributed by atoms with Gasteiger partial charge in [-0.25, -0.2) is 0 Å². The molecule has 2 aliphatic heterocycles. The van der Waals surface area contributed by atoms with E-state index in [-0.39, 0.29) is 17.9 Å². The van der Waals surface area contributed by atoms with Crippen LogP contribution in [-0.2, 0) is 4.79 Å². The number of ether oxygens (including phenoxy) is 1. The van der Waals surface area contributed by atoms with Crippen LogP contribution in [0, 0.1) is 0 Å². The van der Waals surface area contributed by atoms with E-state index in [2.05, 4.69) is 16.0 Å². The van der Waals surface area contributed by atoms with Crippen molar-refractivity contribution < 1.29 is 14.3 Å². The zero-order chi connectivity index (χ0) is 18.1. The van der Waals surface area contributed by atoms with Crippen LogP contribution in [0.15, 0.2) is 36.4 Å². The summed E-state index contributed by atoms with van der Waals surface area (Å²) in [4.78, 5) is 24.3. The number of amides is 2. The third kappa shape index (κ3) is 3.73. The van der Waals surface area contributed by atoms with Crippen LogP contribution >= 0.6 is 11.3 Å². The van der Waals surface area contributed by atoms with Gasteiger partial charge in [0, 0.05) is 36.8 Å². The van der Waals surface area contributed by atoms with Crippen LogP contribution < -0.4 is 20.7 Å². The van der Waals surface area contributed by atoms with Gasteiger partial charge in [0.25, 0.3) is 5.91 Å². The summed E-state index contributed by atoms with van der Waals surface area (Å²) in [5.41, 5.74) is 0.674. The molecule has 7 heteroatoms. The first kappa shape index (κ1) is 17.1. The lowest BCUT2D eigenvalue weighted by Crippen LogP contribution is -2.42. The Morgan fingerprint density at radius 2 is 2.12 bits per heavy atom. The van der Waals surface area contributed by atoms with Crippen molar-refractivity contribution in [3.63, 3.8) is 0 Å². The Hall–Kier alpha value is -2.38. The van der Waals surface area contributed by atoms with E-state index in [9.17, 15) is 9.59 Å². The highest BCUT2D eigenvalue weighted by Gasteiger charge is 2.39. The molecule has 2 saturated heterocycles. The molecule has 1 aromatic carbocycles. The molecule has 136 valence electrons. The van der Waals surface area contributed by atoms with Gasteiger partial charge < -0.3 is 20.7 Å². The maximum atomic E-state index is 12.5. The number of carbonyl (C=O) groups excluding carboxylic acids is 2. The molecule has 6 nitrogen and oxygen atoms in total. The molecule has 0 aliphatic carbocycles. The van der Waals surface area contributed by atoms with Crippen molar-refractivity contribution >= 4 is 28.8 Å². The van der Waals surface area contributed by atoms with Crippen molar-refractivity contribution in [3.8, 4) is 10.8 Å². The molecular weight excluding hydrogens is 350 g/mol. The van der Waals surface area contributed by atoms with Gasteiger partial charge in [0.2, 0.25) is 5.91 Å². The molecule has 3 heterocycles. The van der Waals surface area contributed by atoms with Crippen molar-refractivity contribution in [1.82, 2.24) is 10.6 Å². The minimum atomic E-state index is -0.132. The zero-order valence-corrected chi connectivity index (χ0v) is 15.3. The number of thiophene rings is 1. The van der Waals surface area contributed by atoms with E-state index in [1.54, 1.807) is 24.3 Å². The third-order valence-electron chi connectivity index (χ3n) is 4.79. The molecule has 4 rings (SSSR count). The van der Waals surface area contributed by atoms with E-state index in [0.29, 0.717) is 33.5 Å². The van der Waals surface area contributed by atoms with E-state index in [0.717, 1.165) is 12.8 Å². The fraction of sp³-hybridized carbons (Fsp3) is 0.368. The van der Waals surface area contributed by atoms with Gasteiger partial charge in [0.05, 0.1) is 4.88 Å². The highest BCUT2D eigenvalue weighted by atomic mass is 32.1. The fourth-order valence-electron chi connectivity index (χ4n) is 3.68. The van der Waals surface area contributed by atoms with Crippen molar-refractivity contribution in [2.45, 2.75) is 44.3 Å². The number of rotatable bonds is 5. The molecule has 26 heavy (non-hydrogen) atoms. The highest BCUT2D eigenvalue weighted by Crippen LogP contribution is 2.32. The lowest BCUT2D eigenvalue weighted by Gasteiger charge is -2.20. The molecule has 0 radical (unpaired) electrons. The molecular formula is C19H21N3O3S. The monoisotopic (exact) mass is 371 g/mol. The van der Waals surface area contributed by atoms with Gasteiger partial charge in [-0.15, -0.1) is 0 Å². The quantitative estimate of drug-likeness (QED) is 0.754. The van der Waals surface area contributed by atoms with Gasteiger partial charge >= 0.3 is 0 Å². The SMILES string of the molecule is CC(=O)Nc1cccc(Oc2ccc(C(=O)NC3CC4CCC3N4)s2)c1. The maximum Gasteiger partial charge on any atom is 0.261 e. The van der Waals surface area contributed by atoms with Crippen molar-refractivity contribution in [2.75, 3.05) is 5.32 Å². The second kappa shape index (κ2) is 7.09. The average Bonchev–Trinajstić information content (AvgIpc) is 3.31. The summed E-state index contributed by atoms with van der Waals surface area (Å²) in [6, 6.07) is 11.9. The van der Waals surface area contributed by atoms with Crippen molar-refractivity contribution in [3.05, 3.63) is 41.3 Å². The molecule has 3 unspecified atom stereocenters. The molecule has 3 atom stereocenters. The highest BCUT2D eigenvalue weighted by molar-refractivity contribution is 7.15. The molecule has 3 N–H and O–H groups in total. The predicted molar refractivity (Wildman–Crippen MR) is 101 cm³/mol. The Kier molecular flexibility index (Phi) is 4.65. The van der Waals surface area contributed by atoms with Crippen molar-refractivity contribution in [1.29, 1.82) is 0 Å².